The van der Waals surface area contributed by atoms with E-state index in [0.717, 1.165) is 14.5 Å². The summed E-state index contributed by atoms with van der Waals surface area (Å²) in [5, 5.41) is 2.85. The quantitative estimate of drug-likeness (QED) is 0.863. The largest absolute Gasteiger partial charge is 0.321 e. The van der Waals surface area contributed by atoms with Crippen molar-refractivity contribution in [2.45, 2.75) is 6.92 Å². The van der Waals surface area contributed by atoms with Crippen molar-refractivity contribution in [2.24, 2.45) is 0 Å². The molecule has 0 aliphatic heterocycles. The molecule has 1 heterocycles. The molecule has 2 aromatic rings. The van der Waals surface area contributed by atoms with Gasteiger partial charge in [-0.05, 0) is 52.7 Å². The van der Waals surface area contributed by atoms with E-state index in [1.165, 1.54) is 0 Å². The summed E-state index contributed by atoms with van der Waals surface area (Å²) in [6, 6.07) is 7.31. The molecule has 0 aliphatic carbocycles. The van der Waals surface area contributed by atoms with E-state index >= 15 is 0 Å². The van der Waals surface area contributed by atoms with Crippen molar-refractivity contribution in [2.75, 3.05) is 5.32 Å². The summed E-state index contributed by atoms with van der Waals surface area (Å²) in [7, 11) is 0. The fourth-order valence-electron chi connectivity index (χ4n) is 1.55. The number of nitrogens with zero attached hydrogens (tertiary/aromatic N) is 1. The number of pyridine rings is 1. The molecule has 0 atom stereocenters. The Morgan fingerprint density at radius 3 is 2.72 bits per heavy atom. The lowest BCUT2D eigenvalue weighted by molar-refractivity contribution is 0.102. The minimum absolute atomic E-state index is 0.132. The molecule has 18 heavy (non-hydrogen) atoms. The summed E-state index contributed by atoms with van der Waals surface area (Å²) >= 11 is 6.72. The highest BCUT2D eigenvalue weighted by molar-refractivity contribution is 9.10. The first-order valence-electron chi connectivity index (χ1n) is 5.25. The first-order chi connectivity index (χ1) is 8.58. The predicted octanol–water partition coefficient (Wildman–Crippen LogP) is 4.17. The van der Waals surface area contributed by atoms with Crippen molar-refractivity contribution < 1.29 is 4.79 Å². The zero-order chi connectivity index (χ0) is 13.1. The Labute approximate surface area is 122 Å². The van der Waals surface area contributed by atoms with E-state index < -0.39 is 0 Å². The van der Waals surface area contributed by atoms with Crippen molar-refractivity contribution in [3.8, 4) is 0 Å². The minimum Gasteiger partial charge on any atom is -0.321 e. The van der Waals surface area contributed by atoms with Gasteiger partial charge < -0.3 is 5.32 Å². The molecule has 3 nitrogen and oxygen atoms in total. The van der Waals surface area contributed by atoms with E-state index in [1.54, 1.807) is 24.5 Å². The van der Waals surface area contributed by atoms with Gasteiger partial charge in [0.2, 0.25) is 0 Å². The fraction of sp³-hybridized carbons (Fsp3) is 0.0769. The van der Waals surface area contributed by atoms with Gasteiger partial charge in [0, 0.05) is 22.4 Å². The van der Waals surface area contributed by atoms with E-state index in [0.29, 0.717) is 11.3 Å². The lowest BCUT2D eigenvalue weighted by Gasteiger charge is -2.09. The number of aromatic nitrogens is 1. The number of aryl methyl sites for hydroxylation is 1. The molecule has 1 amide bonds. The maximum atomic E-state index is 12.1. The number of rotatable bonds is 2. The van der Waals surface area contributed by atoms with E-state index in [9.17, 15) is 4.79 Å². The van der Waals surface area contributed by atoms with Crippen LogP contribution < -0.4 is 5.32 Å². The molecule has 5 heteroatoms. The van der Waals surface area contributed by atoms with Gasteiger partial charge in [-0.25, -0.2) is 0 Å². The number of carbonyl (C=O) groups is 1. The summed E-state index contributed by atoms with van der Waals surface area (Å²) in [6.07, 6.45) is 3.28. The third-order valence-electron chi connectivity index (χ3n) is 2.45. The van der Waals surface area contributed by atoms with Gasteiger partial charge in [0.15, 0.2) is 0 Å². The van der Waals surface area contributed by atoms with Crippen LogP contribution in [0.4, 0.5) is 5.69 Å². The molecule has 1 aromatic heterocycles. The van der Waals surface area contributed by atoms with Crippen LogP contribution in [0.5, 0.6) is 0 Å². The Bertz CT molecular complexity index is 599. The SMILES string of the molecule is Cc1cc(Br)ccc1C(=O)Nc1ccncc1Br. The number of benzene rings is 1. The summed E-state index contributed by atoms with van der Waals surface area (Å²) in [6.45, 7) is 1.90. The Hall–Kier alpha value is -1.20. The highest BCUT2D eigenvalue weighted by Crippen LogP contribution is 2.22. The third kappa shape index (κ3) is 2.97. The molecule has 2 rings (SSSR count). The second-order valence-corrected chi connectivity index (χ2v) is 5.54. The normalized spacial score (nSPS) is 10.2. The van der Waals surface area contributed by atoms with E-state index in [1.807, 2.05) is 19.1 Å². The van der Waals surface area contributed by atoms with Crippen molar-refractivity contribution in [1.82, 2.24) is 4.98 Å². The van der Waals surface area contributed by atoms with Gasteiger partial charge in [-0.3, -0.25) is 9.78 Å². The fourth-order valence-corrected chi connectivity index (χ4v) is 2.37. The number of hydrogen-bond acceptors (Lipinski definition) is 2. The van der Waals surface area contributed by atoms with Crippen LogP contribution in [-0.4, -0.2) is 10.9 Å². The highest BCUT2D eigenvalue weighted by atomic mass is 79.9. The smallest absolute Gasteiger partial charge is 0.255 e. The van der Waals surface area contributed by atoms with Crippen molar-refractivity contribution in [3.05, 3.63) is 56.7 Å². The van der Waals surface area contributed by atoms with Crippen molar-refractivity contribution in [1.29, 1.82) is 0 Å². The predicted molar refractivity (Wildman–Crippen MR) is 78.8 cm³/mol. The first kappa shape index (κ1) is 13.2. The lowest BCUT2D eigenvalue weighted by Crippen LogP contribution is -2.13. The number of halogens is 2. The van der Waals surface area contributed by atoms with Crippen molar-refractivity contribution >= 4 is 43.5 Å². The Balaban J connectivity index is 2.25. The molecular weight excluding hydrogens is 360 g/mol. The Morgan fingerprint density at radius 1 is 1.28 bits per heavy atom. The van der Waals surface area contributed by atoms with E-state index in [-0.39, 0.29) is 5.91 Å². The monoisotopic (exact) mass is 368 g/mol. The molecule has 92 valence electrons. The zero-order valence-electron chi connectivity index (χ0n) is 9.58. The minimum atomic E-state index is -0.132. The second kappa shape index (κ2) is 5.63. The Kier molecular flexibility index (Phi) is 4.14. The summed E-state index contributed by atoms with van der Waals surface area (Å²) < 4.78 is 1.72. The molecular formula is C13H10Br2N2O. The van der Waals surface area contributed by atoms with Gasteiger partial charge in [0.05, 0.1) is 10.2 Å². The maximum absolute atomic E-state index is 12.1. The number of amides is 1. The van der Waals surface area contributed by atoms with Gasteiger partial charge in [-0.15, -0.1) is 0 Å². The van der Waals surface area contributed by atoms with Crippen LogP contribution >= 0.6 is 31.9 Å². The third-order valence-corrected chi connectivity index (χ3v) is 3.58. The maximum Gasteiger partial charge on any atom is 0.255 e. The average molecular weight is 370 g/mol. The van der Waals surface area contributed by atoms with Crippen LogP contribution in [-0.2, 0) is 0 Å². The number of anilines is 1. The standard InChI is InChI=1S/C13H10Br2N2O/c1-8-6-9(14)2-3-10(8)13(18)17-12-4-5-16-7-11(12)15/h2-7H,1H3,(H,16,17,18). The molecule has 0 saturated heterocycles. The van der Waals surface area contributed by atoms with Crippen LogP contribution in [0.3, 0.4) is 0 Å². The molecule has 0 radical (unpaired) electrons. The average Bonchev–Trinajstić information content (AvgIpc) is 2.32. The molecule has 0 unspecified atom stereocenters. The van der Waals surface area contributed by atoms with E-state index in [4.69, 9.17) is 0 Å². The molecule has 0 spiro atoms. The van der Waals surface area contributed by atoms with Gasteiger partial charge in [-0.2, -0.15) is 0 Å². The van der Waals surface area contributed by atoms with Gasteiger partial charge in [0.1, 0.15) is 0 Å². The molecule has 0 bridgehead atoms. The molecule has 1 N–H and O–H groups in total. The molecule has 0 aliphatic rings. The Morgan fingerprint density at radius 2 is 2.06 bits per heavy atom. The number of nitrogens with one attached hydrogen (secondary N) is 1. The molecule has 0 fully saturated rings. The van der Waals surface area contributed by atoms with Gasteiger partial charge >= 0.3 is 0 Å². The summed E-state index contributed by atoms with van der Waals surface area (Å²) in [4.78, 5) is 16.1. The topological polar surface area (TPSA) is 42.0 Å². The molecule has 0 saturated carbocycles. The summed E-state index contributed by atoms with van der Waals surface area (Å²) in [5.74, 6) is -0.132. The van der Waals surface area contributed by atoms with Crippen LogP contribution in [0.2, 0.25) is 0 Å². The zero-order valence-corrected chi connectivity index (χ0v) is 12.7. The van der Waals surface area contributed by atoms with Crippen LogP contribution in [0.25, 0.3) is 0 Å². The highest BCUT2D eigenvalue weighted by Gasteiger charge is 2.10. The summed E-state index contributed by atoms with van der Waals surface area (Å²) in [5.41, 5.74) is 2.28. The van der Waals surface area contributed by atoms with E-state index in [2.05, 4.69) is 42.2 Å². The number of hydrogen-bond donors (Lipinski definition) is 1. The first-order valence-corrected chi connectivity index (χ1v) is 6.83. The molecule has 1 aromatic carbocycles. The second-order valence-electron chi connectivity index (χ2n) is 3.77. The van der Waals surface area contributed by atoms with Crippen molar-refractivity contribution in [3.63, 3.8) is 0 Å². The van der Waals surface area contributed by atoms with Gasteiger partial charge in [-0.1, -0.05) is 15.9 Å². The van der Waals surface area contributed by atoms with Crippen LogP contribution in [0.1, 0.15) is 15.9 Å². The lowest BCUT2D eigenvalue weighted by atomic mass is 10.1. The van der Waals surface area contributed by atoms with Crippen LogP contribution in [0, 0.1) is 6.92 Å². The number of carbonyl (C=O) groups excluding carboxylic acids is 1. The van der Waals surface area contributed by atoms with Crippen LogP contribution in [0.15, 0.2) is 45.6 Å². The van der Waals surface area contributed by atoms with Gasteiger partial charge in [0.25, 0.3) is 5.91 Å².